The van der Waals surface area contributed by atoms with Gasteiger partial charge in [0, 0.05) is 10.9 Å². The van der Waals surface area contributed by atoms with E-state index < -0.39 is 10.0 Å². The van der Waals surface area contributed by atoms with Crippen LogP contribution in [-0.4, -0.2) is 26.8 Å². The molecule has 1 aromatic heterocycles. The molecule has 102 valence electrons. The van der Waals surface area contributed by atoms with Crippen molar-refractivity contribution in [2.45, 2.75) is 31.7 Å². The molecule has 2 rings (SSSR count). The van der Waals surface area contributed by atoms with E-state index in [0.29, 0.717) is 18.9 Å². The maximum atomic E-state index is 12.0. The van der Waals surface area contributed by atoms with E-state index in [1.54, 1.807) is 11.3 Å². The lowest BCUT2D eigenvalue weighted by Crippen LogP contribution is -2.41. The first-order valence-electron chi connectivity index (χ1n) is 6.33. The van der Waals surface area contributed by atoms with E-state index in [0.717, 1.165) is 24.1 Å². The predicted octanol–water partition coefficient (Wildman–Crippen LogP) is 1.34. The van der Waals surface area contributed by atoms with Crippen LogP contribution >= 0.6 is 11.3 Å². The molecule has 4 nitrogen and oxygen atoms in total. The number of aryl methyl sites for hydroxylation is 1. The Morgan fingerprint density at radius 1 is 1.44 bits per heavy atom. The molecular weight excluding hydrogens is 268 g/mol. The Bertz CT molecular complexity index is 456. The molecule has 0 aromatic carbocycles. The van der Waals surface area contributed by atoms with Crippen LogP contribution in [0.25, 0.3) is 0 Å². The van der Waals surface area contributed by atoms with Crippen LogP contribution in [0.4, 0.5) is 0 Å². The molecule has 0 radical (unpaired) electrons. The summed E-state index contributed by atoms with van der Waals surface area (Å²) < 4.78 is 26.8. The van der Waals surface area contributed by atoms with E-state index in [-0.39, 0.29) is 11.8 Å². The number of hydrogen-bond donors (Lipinski definition) is 2. The number of nitrogens with one attached hydrogen (secondary N) is 1. The molecule has 1 aromatic rings. The van der Waals surface area contributed by atoms with Gasteiger partial charge in [0.25, 0.3) is 0 Å². The molecule has 1 aliphatic carbocycles. The van der Waals surface area contributed by atoms with Crippen molar-refractivity contribution in [2.75, 3.05) is 12.3 Å². The summed E-state index contributed by atoms with van der Waals surface area (Å²) in [7, 11) is -3.18. The van der Waals surface area contributed by atoms with Crippen molar-refractivity contribution >= 4 is 21.4 Å². The summed E-state index contributed by atoms with van der Waals surface area (Å²) in [6.45, 7) is 0.568. The zero-order valence-corrected chi connectivity index (χ0v) is 12.0. The average molecular weight is 288 g/mol. The summed E-state index contributed by atoms with van der Waals surface area (Å²) in [6.07, 6.45) is 3.61. The Labute approximate surface area is 113 Å². The molecule has 3 N–H and O–H groups in total. The standard InChI is InChI=1S/C12H20N2O2S2/c13-9-10-3-1-5-12(10)14-18(15,16)8-6-11-4-2-7-17-11/h2,4,7,10,12,14H,1,3,5-6,8-9,13H2. The Balaban J connectivity index is 1.87. The van der Waals surface area contributed by atoms with Crippen molar-refractivity contribution in [2.24, 2.45) is 11.7 Å². The molecule has 0 spiro atoms. The Morgan fingerprint density at radius 3 is 2.94 bits per heavy atom. The maximum Gasteiger partial charge on any atom is 0.212 e. The Morgan fingerprint density at radius 2 is 2.28 bits per heavy atom. The molecule has 2 atom stereocenters. The van der Waals surface area contributed by atoms with Crippen molar-refractivity contribution < 1.29 is 8.42 Å². The van der Waals surface area contributed by atoms with Gasteiger partial charge in [-0.2, -0.15) is 0 Å². The molecule has 0 bridgehead atoms. The molecule has 1 saturated carbocycles. The van der Waals surface area contributed by atoms with Crippen molar-refractivity contribution in [1.82, 2.24) is 4.72 Å². The highest BCUT2D eigenvalue weighted by Gasteiger charge is 2.29. The topological polar surface area (TPSA) is 72.2 Å². The van der Waals surface area contributed by atoms with Gasteiger partial charge in [0.15, 0.2) is 0 Å². The molecule has 18 heavy (non-hydrogen) atoms. The molecular formula is C12H20N2O2S2. The van der Waals surface area contributed by atoms with Crippen LogP contribution in [0.15, 0.2) is 17.5 Å². The highest BCUT2D eigenvalue weighted by molar-refractivity contribution is 7.89. The van der Waals surface area contributed by atoms with Gasteiger partial charge in [0.05, 0.1) is 5.75 Å². The molecule has 2 unspecified atom stereocenters. The van der Waals surface area contributed by atoms with Gasteiger partial charge in [0.2, 0.25) is 10.0 Å². The van der Waals surface area contributed by atoms with Gasteiger partial charge in [-0.25, -0.2) is 13.1 Å². The van der Waals surface area contributed by atoms with Crippen molar-refractivity contribution in [3.8, 4) is 0 Å². The molecule has 0 amide bonds. The van der Waals surface area contributed by atoms with Gasteiger partial charge in [-0.3, -0.25) is 0 Å². The van der Waals surface area contributed by atoms with Gasteiger partial charge in [0.1, 0.15) is 0 Å². The fourth-order valence-electron chi connectivity index (χ4n) is 2.45. The van der Waals surface area contributed by atoms with Crippen LogP contribution in [0.1, 0.15) is 24.1 Å². The zero-order chi connectivity index (χ0) is 13.0. The molecule has 1 heterocycles. The van der Waals surface area contributed by atoms with Gasteiger partial charge >= 0.3 is 0 Å². The van der Waals surface area contributed by atoms with Crippen molar-refractivity contribution in [3.05, 3.63) is 22.4 Å². The van der Waals surface area contributed by atoms with E-state index in [1.807, 2.05) is 17.5 Å². The van der Waals surface area contributed by atoms with E-state index in [2.05, 4.69) is 4.72 Å². The maximum absolute atomic E-state index is 12.0. The van der Waals surface area contributed by atoms with Crippen LogP contribution in [-0.2, 0) is 16.4 Å². The fraction of sp³-hybridized carbons (Fsp3) is 0.667. The summed E-state index contributed by atoms with van der Waals surface area (Å²) in [6, 6.07) is 3.96. The van der Waals surface area contributed by atoms with Crippen LogP contribution < -0.4 is 10.5 Å². The third kappa shape index (κ3) is 3.78. The fourth-order valence-corrected chi connectivity index (χ4v) is 4.67. The smallest absolute Gasteiger partial charge is 0.212 e. The average Bonchev–Trinajstić information content (AvgIpc) is 2.96. The number of sulfonamides is 1. The van der Waals surface area contributed by atoms with Crippen LogP contribution in [0, 0.1) is 5.92 Å². The first kappa shape index (κ1) is 14.0. The zero-order valence-electron chi connectivity index (χ0n) is 10.3. The summed E-state index contributed by atoms with van der Waals surface area (Å²) in [4.78, 5) is 1.11. The second-order valence-electron chi connectivity index (χ2n) is 4.80. The third-order valence-corrected chi connectivity index (χ3v) is 5.83. The molecule has 1 aliphatic rings. The highest BCUT2D eigenvalue weighted by Crippen LogP contribution is 2.25. The minimum atomic E-state index is -3.18. The monoisotopic (exact) mass is 288 g/mol. The number of thiophene rings is 1. The summed E-state index contributed by atoms with van der Waals surface area (Å²) >= 11 is 1.60. The minimum absolute atomic E-state index is 0.0448. The van der Waals surface area contributed by atoms with Gasteiger partial charge in [-0.1, -0.05) is 12.5 Å². The second-order valence-corrected chi connectivity index (χ2v) is 7.70. The highest BCUT2D eigenvalue weighted by atomic mass is 32.2. The molecule has 0 saturated heterocycles. The first-order chi connectivity index (χ1) is 8.61. The first-order valence-corrected chi connectivity index (χ1v) is 8.86. The number of hydrogen-bond acceptors (Lipinski definition) is 4. The summed E-state index contributed by atoms with van der Waals surface area (Å²) in [5.41, 5.74) is 5.66. The second kappa shape index (κ2) is 6.14. The third-order valence-electron chi connectivity index (χ3n) is 3.49. The van der Waals surface area contributed by atoms with Crippen LogP contribution in [0.3, 0.4) is 0 Å². The minimum Gasteiger partial charge on any atom is -0.330 e. The summed E-state index contributed by atoms with van der Waals surface area (Å²) in [5.74, 6) is 0.475. The predicted molar refractivity (Wildman–Crippen MR) is 75.1 cm³/mol. The lowest BCUT2D eigenvalue weighted by Gasteiger charge is -2.19. The van der Waals surface area contributed by atoms with Crippen LogP contribution in [0.2, 0.25) is 0 Å². The van der Waals surface area contributed by atoms with E-state index in [9.17, 15) is 8.42 Å². The number of rotatable bonds is 6. The lowest BCUT2D eigenvalue weighted by molar-refractivity contribution is 0.453. The van der Waals surface area contributed by atoms with Crippen molar-refractivity contribution in [3.63, 3.8) is 0 Å². The molecule has 0 aliphatic heterocycles. The van der Waals surface area contributed by atoms with E-state index in [4.69, 9.17) is 5.73 Å². The van der Waals surface area contributed by atoms with Gasteiger partial charge in [-0.15, -0.1) is 11.3 Å². The SMILES string of the molecule is NCC1CCCC1NS(=O)(=O)CCc1cccs1. The van der Waals surface area contributed by atoms with Crippen molar-refractivity contribution in [1.29, 1.82) is 0 Å². The lowest BCUT2D eigenvalue weighted by atomic mass is 10.1. The van der Waals surface area contributed by atoms with E-state index in [1.165, 1.54) is 0 Å². The molecule has 6 heteroatoms. The molecule has 1 fully saturated rings. The van der Waals surface area contributed by atoms with E-state index >= 15 is 0 Å². The summed E-state index contributed by atoms with van der Waals surface area (Å²) in [5, 5.41) is 1.97. The van der Waals surface area contributed by atoms with Gasteiger partial charge < -0.3 is 5.73 Å². The van der Waals surface area contributed by atoms with Crippen LogP contribution in [0.5, 0.6) is 0 Å². The quantitative estimate of drug-likeness (QED) is 0.829. The number of nitrogens with two attached hydrogens (primary N) is 1. The normalized spacial score (nSPS) is 24.5. The van der Waals surface area contributed by atoms with Gasteiger partial charge in [-0.05, 0) is 43.2 Å². The largest absolute Gasteiger partial charge is 0.330 e. The Hall–Kier alpha value is -0.430. The Kier molecular flexibility index (Phi) is 4.77.